The van der Waals surface area contributed by atoms with E-state index in [1.165, 1.54) is 0 Å². The molecule has 0 radical (unpaired) electrons. The van der Waals surface area contributed by atoms with Gasteiger partial charge in [0.05, 0.1) is 34.9 Å². The number of anilines is 1. The quantitative estimate of drug-likeness (QED) is 0.896. The number of benzene rings is 1. The van der Waals surface area contributed by atoms with Gasteiger partial charge in [0.2, 0.25) is 5.91 Å². The first kappa shape index (κ1) is 13.6. The zero-order valence-electron chi connectivity index (χ0n) is 9.87. The van der Waals surface area contributed by atoms with Crippen LogP contribution in [0.4, 0.5) is 5.69 Å². The zero-order valence-corrected chi connectivity index (χ0v) is 11.4. The third-order valence-electron chi connectivity index (χ3n) is 3.00. The molecule has 4 nitrogen and oxygen atoms in total. The average Bonchev–Trinajstić information content (AvgIpc) is 2.83. The minimum absolute atomic E-state index is 0.0305. The van der Waals surface area contributed by atoms with E-state index in [9.17, 15) is 4.79 Å². The molecule has 2 atom stereocenters. The van der Waals surface area contributed by atoms with Crippen LogP contribution in [0.2, 0.25) is 10.0 Å². The summed E-state index contributed by atoms with van der Waals surface area (Å²) in [5, 5.41) is 6.62. The molecule has 1 aromatic rings. The summed E-state index contributed by atoms with van der Waals surface area (Å²) < 4.78 is 5.29. The Hall–Kier alpha value is -0.810. The molecule has 0 aliphatic carbocycles. The third kappa shape index (κ3) is 2.78. The van der Waals surface area contributed by atoms with Gasteiger partial charge in [-0.25, -0.2) is 0 Å². The van der Waals surface area contributed by atoms with Crippen molar-refractivity contribution in [2.75, 3.05) is 25.6 Å². The first-order chi connectivity index (χ1) is 8.63. The van der Waals surface area contributed by atoms with Gasteiger partial charge in [-0.05, 0) is 19.2 Å². The Kier molecular flexibility index (Phi) is 4.45. The summed E-state index contributed by atoms with van der Waals surface area (Å²) in [5.41, 5.74) is 0.524. The van der Waals surface area contributed by atoms with Crippen LogP contribution in [-0.4, -0.2) is 32.2 Å². The van der Waals surface area contributed by atoms with Gasteiger partial charge in [0.15, 0.2) is 0 Å². The Bertz CT molecular complexity index is 454. The first-order valence-electron chi connectivity index (χ1n) is 5.63. The summed E-state index contributed by atoms with van der Waals surface area (Å²) >= 11 is 11.9. The third-order valence-corrected chi connectivity index (χ3v) is 3.82. The summed E-state index contributed by atoms with van der Waals surface area (Å²) in [6.45, 7) is 0.952. The second-order valence-electron chi connectivity index (χ2n) is 4.13. The van der Waals surface area contributed by atoms with Gasteiger partial charge in [0, 0.05) is 6.04 Å². The summed E-state index contributed by atoms with van der Waals surface area (Å²) in [4.78, 5) is 12.1. The topological polar surface area (TPSA) is 50.4 Å². The highest BCUT2D eigenvalue weighted by molar-refractivity contribution is 6.44. The predicted octanol–water partition coefficient (Wildman–Crippen LogP) is 2.17. The van der Waals surface area contributed by atoms with Crippen molar-refractivity contribution in [2.24, 2.45) is 5.92 Å². The number of amides is 1. The molecule has 18 heavy (non-hydrogen) atoms. The van der Waals surface area contributed by atoms with E-state index in [2.05, 4.69) is 10.6 Å². The van der Waals surface area contributed by atoms with Crippen LogP contribution >= 0.6 is 23.2 Å². The monoisotopic (exact) mass is 288 g/mol. The van der Waals surface area contributed by atoms with E-state index in [1.54, 1.807) is 18.2 Å². The molecule has 0 spiro atoms. The van der Waals surface area contributed by atoms with E-state index in [-0.39, 0.29) is 17.9 Å². The van der Waals surface area contributed by atoms with Crippen molar-refractivity contribution in [2.45, 2.75) is 6.04 Å². The van der Waals surface area contributed by atoms with Gasteiger partial charge in [-0.15, -0.1) is 0 Å². The van der Waals surface area contributed by atoms with Gasteiger partial charge in [-0.1, -0.05) is 29.3 Å². The smallest absolute Gasteiger partial charge is 0.231 e. The lowest BCUT2D eigenvalue weighted by Crippen LogP contribution is -2.39. The Morgan fingerprint density at radius 1 is 1.39 bits per heavy atom. The summed E-state index contributed by atoms with van der Waals surface area (Å²) in [7, 11) is 1.81. The normalized spacial score (nSPS) is 23.1. The number of ether oxygens (including phenoxy) is 1. The van der Waals surface area contributed by atoms with Crippen LogP contribution in [0.5, 0.6) is 0 Å². The molecule has 1 amide bonds. The standard InChI is InChI=1S/C12H14Cl2N2O2/c1-15-10-6-18-5-7(10)12(17)16-9-4-2-3-8(13)11(9)14/h2-4,7,10,15H,5-6H2,1H3,(H,16,17). The van der Waals surface area contributed by atoms with Crippen molar-refractivity contribution in [3.05, 3.63) is 28.2 Å². The molecular formula is C12H14Cl2N2O2. The van der Waals surface area contributed by atoms with E-state index < -0.39 is 0 Å². The zero-order chi connectivity index (χ0) is 13.1. The van der Waals surface area contributed by atoms with Crippen molar-refractivity contribution in [1.29, 1.82) is 0 Å². The van der Waals surface area contributed by atoms with Gasteiger partial charge in [-0.2, -0.15) is 0 Å². The molecule has 1 aliphatic heterocycles. The molecule has 1 saturated heterocycles. The Morgan fingerprint density at radius 3 is 2.89 bits per heavy atom. The molecular weight excluding hydrogens is 275 g/mol. The maximum absolute atomic E-state index is 12.1. The van der Waals surface area contributed by atoms with Crippen molar-refractivity contribution in [3.63, 3.8) is 0 Å². The van der Waals surface area contributed by atoms with Crippen LogP contribution in [0.15, 0.2) is 18.2 Å². The lowest BCUT2D eigenvalue weighted by atomic mass is 10.0. The average molecular weight is 289 g/mol. The fourth-order valence-corrected chi connectivity index (χ4v) is 2.27. The Morgan fingerprint density at radius 2 is 2.17 bits per heavy atom. The number of carbonyl (C=O) groups excluding carboxylic acids is 1. The summed E-state index contributed by atoms with van der Waals surface area (Å²) in [6.07, 6.45) is 0. The maximum Gasteiger partial charge on any atom is 0.231 e. The number of rotatable bonds is 3. The predicted molar refractivity (Wildman–Crippen MR) is 72.2 cm³/mol. The van der Waals surface area contributed by atoms with Crippen LogP contribution < -0.4 is 10.6 Å². The molecule has 2 rings (SSSR count). The van der Waals surface area contributed by atoms with Crippen LogP contribution in [0, 0.1) is 5.92 Å². The van der Waals surface area contributed by atoms with Gasteiger partial charge in [0.25, 0.3) is 0 Å². The lowest BCUT2D eigenvalue weighted by Gasteiger charge is -2.17. The van der Waals surface area contributed by atoms with Gasteiger partial charge >= 0.3 is 0 Å². The fourth-order valence-electron chi connectivity index (χ4n) is 1.92. The molecule has 0 bridgehead atoms. The van der Waals surface area contributed by atoms with E-state index in [4.69, 9.17) is 27.9 Å². The van der Waals surface area contributed by atoms with Crippen molar-refractivity contribution in [1.82, 2.24) is 5.32 Å². The van der Waals surface area contributed by atoms with Crippen molar-refractivity contribution >= 4 is 34.8 Å². The summed E-state index contributed by atoms with van der Waals surface area (Å²) in [6, 6.07) is 5.16. The largest absolute Gasteiger partial charge is 0.379 e. The molecule has 1 fully saturated rings. The number of likely N-dealkylation sites (N-methyl/N-ethyl adjacent to an activating group) is 1. The molecule has 0 aromatic heterocycles. The highest BCUT2D eigenvalue weighted by Crippen LogP contribution is 2.30. The van der Waals surface area contributed by atoms with E-state index in [1.807, 2.05) is 7.05 Å². The molecule has 1 aromatic carbocycles. The molecule has 0 saturated carbocycles. The van der Waals surface area contributed by atoms with Crippen LogP contribution in [0.1, 0.15) is 0 Å². The highest BCUT2D eigenvalue weighted by Gasteiger charge is 2.33. The number of hydrogen-bond acceptors (Lipinski definition) is 3. The number of halogens is 2. The van der Waals surface area contributed by atoms with Gasteiger partial charge in [-0.3, -0.25) is 4.79 Å². The van der Waals surface area contributed by atoms with E-state index >= 15 is 0 Å². The maximum atomic E-state index is 12.1. The van der Waals surface area contributed by atoms with Gasteiger partial charge < -0.3 is 15.4 Å². The molecule has 2 N–H and O–H groups in total. The second-order valence-corrected chi connectivity index (χ2v) is 4.91. The SMILES string of the molecule is CNC1COCC1C(=O)Nc1cccc(Cl)c1Cl. The lowest BCUT2D eigenvalue weighted by molar-refractivity contribution is -0.120. The molecule has 6 heteroatoms. The van der Waals surface area contributed by atoms with Gasteiger partial charge in [0.1, 0.15) is 0 Å². The first-order valence-corrected chi connectivity index (χ1v) is 6.39. The number of hydrogen-bond donors (Lipinski definition) is 2. The second kappa shape index (κ2) is 5.89. The van der Waals surface area contributed by atoms with Crippen LogP contribution in [0.3, 0.4) is 0 Å². The highest BCUT2D eigenvalue weighted by atomic mass is 35.5. The number of nitrogens with one attached hydrogen (secondary N) is 2. The molecule has 1 heterocycles. The van der Waals surface area contributed by atoms with Crippen LogP contribution in [-0.2, 0) is 9.53 Å². The van der Waals surface area contributed by atoms with Crippen molar-refractivity contribution in [3.8, 4) is 0 Å². The van der Waals surface area contributed by atoms with E-state index in [0.29, 0.717) is 28.9 Å². The van der Waals surface area contributed by atoms with Crippen molar-refractivity contribution < 1.29 is 9.53 Å². The minimum Gasteiger partial charge on any atom is -0.379 e. The minimum atomic E-state index is -0.218. The Labute approximate surface area is 116 Å². The van der Waals surface area contributed by atoms with Crippen LogP contribution in [0.25, 0.3) is 0 Å². The molecule has 98 valence electrons. The molecule has 2 unspecified atom stereocenters. The van der Waals surface area contributed by atoms with E-state index in [0.717, 1.165) is 0 Å². The number of carbonyl (C=O) groups is 1. The summed E-state index contributed by atoms with van der Waals surface area (Å²) in [5.74, 6) is -0.332. The Balaban J connectivity index is 2.09. The fraction of sp³-hybridized carbons (Fsp3) is 0.417. The molecule has 1 aliphatic rings.